The predicted molar refractivity (Wildman–Crippen MR) is 149 cm³/mol. The Morgan fingerprint density at radius 2 is 1.64 bits per heavy atom. The van der Waals surface area contributed by atoms with Crippen molar-refractivity contribution in [3.05, 3.63) is 35.9 Å². The second-order valence-corrected chi connectivity index (χ2v) is 10.4. The van der Waals surface area contributed by atoms with E-state index in [9.17, 15) is 35.4 Å². The van der Waals surface area contributed by atoms with Crippen molar-refractivity contribution in [2.75, 3.05) is 13.2 Å². The van der Waals surface area contributed by atoms with Crippen LogP contribution in [-0.2, 0) is 4.79 Å². The summed E-state index contributed by atoms with van der Waals surface area (Å²) < 4.78 is 0. The summed E-state index contributed by atoms with van der Waals surface area (Å²) >= 11 is 12.8. The van der Waals surface area contributed by atoms with Crippen molar-refractivity contribution < 1.29 is 35.4 Å². The van der Waals surface area contributed by atoms with Gasteiger partial charge in [-0.15, -0.1) is 23.2 Å². The van der Waals surface area contributed by atoms with Gasteiger partial charge in [-0.25, -0.2) is 20.0 Å². The Kier molecular flexibility index (Phi) is 10.5. The zero-order valence-corrected chi connectivity index (χ0v) is 22.9. The molecule has 214 valence electrons. The Morgan fingerprint density at radius 3 is 2.23 bits per heavy atom. The van der Waals surface area contributed by atoms with Crippen LogP contribution in [0, 0.1) is 0 Å². The molecular formula is C25H33Cl2N5O7. The van der Waals surface area contributed by atoms with Gasteiger partial charge in [0.25, 0.3) is 0 Å². The Labute approximate surface area is 235 Å². The highest BCUT2D eigenvalue weighted by molar-refractivity contribution is 6.32. The van der Waals surface area contributed by atoms with Crippen LogP contribution in [0.25, 0.3) is 0 Å². The van der Waals surface area contributed by atoms with Crippen molar-refractivity contribution in [2.24, 2.45) is 20.0 Å². The molecule has 39 heavy (non-hydrogen) atoms. The van der Waals surface area contributed by atoms with Crippen molar-refractivity contribution in [1.82, 2.24) is 4.90 Å². The van der Waals surface area contributed by atoms with Crippen LogP contribution < -0.4 is 0 Å². The van der Waals surface area contributed by atoms with E-state index in [4.69, 9.17) is 23.2 Å². The van der Waals surface area contributed by atoms with E-state index in [2.05, 4.69) is 20.0 Å². The summed E-state index contributed by atoms with van der Waals surface area (Å²) in [7, 11) is 0. The fourth-order valence-corrected chi connectivity index (χ4v) is 4.99. The largest absolute Gasteiger partial charge is 0.497 e. The molecule has 1 aromatic rings. The van der Waals surface area contributed by atoms with Gasteiger partial charge in [0.2, 0.25) is 23.6 Å². The first-order valence-corrected chi connectivity index (χ1v) is 13.3. The SMILES string of the molecule is CC[C@@H]1/N=C(/O)C[C@@H](c2ccccc2)/N=C(\O)[C@H](CO)/N=C(/O)[C@H]([C@@H](C)O)/N=C(\O)[C@@H]2[C@H](Cl)[C@H](Cl)CN2C1=O. The van der Waals surface area contributed by atoms with Crippen molar-refractivity contribution >= 4 is 52.7 Å². The number of hydrogen-bond acceptors (Lipinski definition) is 7. The maximum Gasteiger partial charge on any atom is 0.248 e. The van der Waals surface area contributed by atoms with Crippen LogP contribution in [0.15, 0.2) is 50.3 Å². The average Bonchev–Trinajstić information content (AvgIpc) is 3.21. The Morgan fingerprint density at radius 1 is 0.974 bits per heavy atom. The number of rotatable bonds is 4. The second kappa shape index (κ2) is 13.4. The maximum atomic E-state index is 13.5. The van der Waals surface area contributed by atoms with Crippen molar-refractivity contribution in [1.29, 1.82) is 0 Å². The number of hydrogen-bond donors (Lipinski definition) is 6. The van der Waals surface area contributed by atoms with Crippen LogP contribution in [0.1, 0.15) is 38.3 Å². The lowest BCUT2D eigenvalue weighted by Crippen LogP contribution is -2.48. The molecule has 0 spiro atoms. The number of alkyl halides is 2. The third-order valence-electron chi connectivity index (χ3n) is 6.48. The van der Waals surface area contributed by atoms with Crippen molar-refractivity contribution in [3.8, 4) is 0 Å². The van der Waals surface area contributed by atoms with E-state index in [1.54, 1.807) is 37.3 Å². The number of halogens is 2. The molecule has 0 bridgehead atoms. The van der Waals surface area contributed by atoms with E-state index in [0.717, 1.165) is 0 Å². The Hall–Kier alpha value is -2.93. The second-order valence-electron chi connectivity index (χ2n) is 9.34. The molecule has 0 saturated carbocycles. The third kappa shape index (κ3) is 7.18. The summed E-state index contributed by atoms with van der Waals surface area (Å²) in [4.78, 5) is 31.0. The lowest BCUT2D eigenvalue weighted by molar-refractivity contribution is -0.132. The van der Waals surface area contributed by atoms with E-state index >= 15 is 0 Å². The zero-order chi connectivity index (χ0) is 28.9. The molecule has 2 aliphatic rings. The van der Waals surface area contributed by atoms with Gasteiger partial charge >= 0.3 is 0 Å². The minimum absolute atomic E-state index is 0.0532. The number of aliphatic hydroxyl groups is 6. The summed E-state index contributed by atoms with van der Waals surface area (Å²) in [5.41, 5.74) is 0.585. The first-order chi connectivity index (χ1) is 18.5. The molecule has 2 aliphatic heterocycles. The van der Waals surface area contributed by atoms with Gasteiger partial charge in [-0.3, -0.25) is 4.79 Å². The number of aliphatic imine (C=N–C) groups is 4. The molecule has 12 nitrogen and oxygen atoms in total. The number of carbonyl (C=O) groups is 1. The van der Waals surface area contributed by atoms with Gasteiger partial charge in [0.15, 0.2) is 18.0 Å². The number of amides is 1. The quantitative estimate of drug-likeness (QED) is 0.292. The smallest absolute Gasteiger partial charge is 0.248 e. The lowest BCUT2D eigenvalue weighted by atomic mass is 10.0. The van der Waals surface area contributed by atoms with Crippen LogP contribution >= 0.6 is 23.2 Å². The highest BCUT2D eigenvalue weighted by atomic mass is 35.5. The monoisotopic (exact) mass is 585 g/mol. The van der Waals surface area contributed by atoms with Gasteiger partial charge in [0, 0.05) is 13.0 Å². The zero-order valence-electron chi connectivity index (χ0n) is 21.4. The molecule has 6 N–H and O–H groups in total. The van der Waals surface area contributed by atoms with Crippen molar-refractivity contribution in [2.45, 2.75) is 73.8 Å². The molecule has 1 fully saturated rings. The molecular weight excluding hydrogens is 553 g/mol. The molecule has 1 aromatic carbocycles. The molecule has 0 aromatic heterocycles. The van der Waals surface area contributed by atoms with Crippen LogP contribution in [0.3, 0.4) is 0 Å². The number of nitrogens with zero attached hydrogens (tertiary/aromatic N) is 5. The standard InChI is InChI=1S/C25H33Cl2N5O7/c1-3-15-25(39)32-10-14(26)19(27)21(32)24(38)31-20(12(2)34)23(37)30-17(11-33)22(36)29-16(9-18(35)28-15)13-7-5-4-6-8-13/h4-8,12,14-17,19-21,33-34H,3,9-11H2,1-2H3,(H,28,35)(H,29,36)(H,30,37)(H,31,38)/t12-,14-,15+,16+,17+,19-,20+,21+/m1/s1. The summed E-state index contributed by atoms with van der Waals surface area (Å²) in [5, 5.41) is 61.5. The minimum Gasteiger partial charge on any atom is -0.497 e. The average molecular weight is 586 g/mol. The van der Waals surface area contributed by atoms with Gasteiger partial charge in [-0.2, -0.15) is 0 Å². The van der Waals surface area contributed by atoms with E-state index in [1.807, 2.05) is 0 Å². The molecule has 2 heterocycles. The fraction of sp³-hybridized carbons (Fsp3) is 0.560. The molecule has 0 unspecified atom stereocenters. The molecule has 0 aliphatic carbocycles. The van der Waals surface area contributed by atoms with E-state index in [0.29, 0.717) is 5.56 Å². The summed E-state index contributed by atoms with van der Waals surface area (Å²) in [6.07, 6.45) is -1.42. The maximum absolute atomic E-state index is 13.5. The van der Waals surface area contributed by atoms with Gasteiger partial charge in [0.05, 0.1) is 29.5 Å². The van der Waals surface area contributed by atoms with Gasteiger partial charge in [-0.1, -0.05) is 37.3 Å². The van der Waals surface area contributed by atoms with Gasteiger partial charge in [0.1, 0.15) is 12.1 Å². The van der Waals surface area contributed by atoms with Crippen LogP contribution in [0.5, 0.6) is 0 Å². The van der Waals surface area contributed by atoms with E-state index < -0.39 is 83.2 Å². The third-order valence-corrected chi connectivity index (χ3v) is 7.56. The van der Waals surface area contributed by atoms with E-state index in [-0.39, 0.29) is 19.4 Å². The molecule has 1 amide bonds. The van der Waals surface area contributed by atoms with E-state index in [1.165, 1.54) is 11.8 Å². The highest BCUT2D eigenvalue weighted by Crippen LogP contribution is 2.30. The van der Waals surface area contributed by atoms with Crippen LogP contribution in [0.2, 0.25) is 0 Å². The summed E-state index contributed by atoms with van der Waals surface area (Å²) in [6, 6.07) is 2.48. The first-order valence-electron chi connectivity index (χ1n) is 12.5. The first kappa shape index (κ1) is 30.6. The Balaban J connectivity index is 2.20. The topological polar surface area (TPSA) is 191 Å². The molecule has 14 heteroatoms. The summed E-state index contributed by atoms with van der Waals surface area (Å²) in [6.45, 7) is 2.14. The highest BCUT2D eigenvalue weighted by Gasteiger charge is 2.47. The fourth-order valence-electron chi connectivity index (χ4n) is 4.37. The molecule has 0 radical (unpaired) electrons. The molecule has 3 rings (SSSR count). The Bertz CT molecular complexity index is 1130. The van der Waals surface area contributed by atoms with Crippen molar-refractivity contribution in [3.63, 3.8) is 0 Å². The van der Waals surface area contributed by atoms with Gasteiger partial charge < -0.3 is 35.5 Å². The van der Waals surface area contributed by atoms with Crippen LogP contribution in [0.4, 0.5) is 0 Å². The number of carbonyl (C=O) groups excluding carboxylic acids is 1. The number of benzene rings is 1. The summed E-state index contributed by atoms with van der Waals surface area (Å²) in [5.74, 6) is -3.19. The number of fused-ring (bicyclic) bond motifs is 1. The normalized spacial score (nSPS) is 37.3. The van der Waals surface area contributed by atoms with Gasteiger partial charge in [-0.05, 0) is 18.9 Å². The molecule has 1 saturated heterocycles. The molecule has 8 atom stereocenters. The van der Waals surface area contributed by atoms with Crippen LogP contribution in [-0.4, -0.2) is 119 Å². The lowest BCUT2D eigenvalue weighted by Gasteiger charge is -2.28. The number of aliphatic hydroxyl groups excluding tert-OH is 6. The minimum atomic E-state index is -1.54. The predicted octanol–water partition coefficient (Wildman–Crippen LogP) is 2.27.